The molecule has 2 aromatic carbocycles. The largest absolute Gasteiger partial charge is 0.364 e. The molecule has 0 radical (unpaired) electrons. The summed E-state index contributed by atoms with van der Waals surface area (Å²) in [6.45, 7) is 11.2. The second kappa shape index (κ2) is 8.69. The van der Waals surface area contributed by atoms with E-state index in [1.165, 1.54) is 16.2 Å². The van der Waals surface area contributed by atoms with E-state index in [2.05, 4.69) is 72.9 Å². The van der Waals surface area contributed by atoms with Crippen molar-refractivity contribution >= 4 is 62.5 Å². The van der Waals surface area contributed by atoms with Crippen LogP contribution in [-0.4, -0.2) is 28.5 Å². The van der Waals surface area contributed by atoms with Gasteiger partial charge >= 0.3 is 0 Å². The number of hydrogen-bond acceptors (Lipinski definition) is 4. The number of fused-ring (bicyclic) bond motifs is 1. The minimum Gasteiger partial charge on any atom is -0.364 e. The zero-order chi connectivity index (χ0) is 24.1. The minimum atomic E-state index is -0.478. The smallest absolute Gasteiger partial charge is 0.270 e. The average molecular weight is 527 g/mol. The van der Waals surface area contributed by atoms with Gasteiger partial charge in [-0.2, -0.15) is 0 Å². The number of halogens is 1. The summed E-state index contributed by atoms with van der Waals surface area (Å²) in [6, 6.07) is 13.8. The van der Waals surface area contributed by atoms with Gasteiger partial charge in [0.25, 0.3) is 11.8 Å². The Morgan fingerprint density at radius 1 is 1.15 bits per heavy atom. The monoisotopic (exact) mass is 525 g/mol. The van der Waals surface area contributed by atoms with Crippen molar-refractivity contribution in [1.82, 2.24) is 5.32 Å². The lowest BCUT2D eigenvalue weighted by atomic mass is 9.78. The van der Waals surface area contributed by atoms with Crippen molar-refractivity contribution in [2.75, 3.05) is 9.80 Å². The van der Waals surface area contributed by atoms with Gasteiger partial charge < -0.3 is 4.90 Å². The van der Waals surface area contributed by atoms with Gasteiger partial charge in [0, 0.05) is 21.7 Å². The lowest BCUT2D eigenvalue weighted by Gasteiger charge is -2.50. The van der Waals surface area contributed by atoms with Gasteiger partial charge in [0.2, 0.25) is 0 Å². The highest BCUT2D eigenvalue weighted by atomic mass is 79.9. The minimum absolute atomic E-state index is 0.0562. The molecule has 1 saturated heterocycles. The van der Waals surface area contributed by atoms with E-state index in [-0.39, 0.29) is 16.2 Å². The van der Waals surface area contributed by atoms with Crippen molar-refractivity contribution in [3.05, 3.63) is 63.6 Å². The molecule has 2 aromatic rings. The highest BCUT2D eigenvalue weighted by Gasteiger charge is 2.38. The Morgan fingerprint density at radius 2 is 1.82 bits per heavy atom. The highest BCUT2D eigenvalue weighted by Crippen LogP contribution is 2.44. The Balaban J connectivity index is 1.73. The van der Waals surface area contributed by atoms with Crippen molar-refractivity contribution in [2.24, 2.45) is 0 Å². The molecule has 0 aromatic heterocycles. The lowest BCUT2D eigenvalue weighted by molar-refractivity contribution is -0.122. The molecule has 0 aliphatic carbocycles. The predicted octanol–water partition coefficient (Wildman–Crippen LogP) is 5.78. The number of nitrogens with zero attached hydrogens (tertiary/aromatic N) is 2. The molecule has 2 aliphatic rings. The van der Waals surface area contributed by atoms with Gasteiger partial charge in [-0.15, -0.1) is 0 Å². The third-order valence-electron chi connectivity index (χ3n) is 6.31. The first-order chi connectivity index (χ1) is 15.5. The Labute approximate surface area is 209 Å². The molecule has 0 bridgehead atoms. The normalized spacial score (nSPS) is 21.5. The molecular weight excluding hydrogens is 498 g/mol. The Hall–Kier alpha value is -2.51. The molecule has 7 heteroatoms. The van der Waals surface area contributed by atoms with E-state index in [1.54, 1.807) is 18.2 Å². The van der Waals surface area contributed by atoms with Gasteiger partial charge in [0.15, 0.2) is 5.11 Å². The van der Waals surface area contributed by atoms with E-state index in [0.29, 0.717) is 17.6 Å². The maximum atomic E-state index is 13.3. The summed E-state index contributed by atoms with van der Waals surface area (Å²) in [5, 5.41) is 2.74. The molecule has 4 rings (SSSR count). The number of hydrogen-bond donors (Lipinski definition) is 1. The summed E-state index contributed by atoms with van der Waals surface area (Å²) in [7, 11) is 0. The zero-order valence-electron chi connectivity index (χ0n) is 19.5. The Kier molecular flexibility index (Phi) is 6.22. The zero-order valence-corrected chi connectivity index (χ0v) is 21.9. The molecule has 33 heavy (non-hydrogen) atoms. The summed E-state index contributed by atoms with van der Waals surface area (Å²) in [6.07, 6.45) is 2.70. The van der Waals surface area contributed by atoms with Gasteiger partial charge in [-0.3, -0.25) is 19.8 Å². The van der Waals surface area contributed by atoms with Crippen LogP contribution >= 0.6 is 28.1 Å². The van der Waals surface area contributed by atoms with Crippen molar-refractivity contribution in [3.63, 3.8) is 0 Å². The first-order valence-electron chi connectivity index (χ1n) is 11.1. The average Bonchev–Trinajstić information content (AvgIpc) is 2.71. The fraction of sp³-hybridized carbons (Fsp3) is 0.346. The maximum absolute atomic E-state index is 13.3. The number of carbonyl (C=O) groups is 2. The molecule has 0 saturated carbocycles. The topological polar surface area (TPSA) is 52.7 Å². The van der Waals surface area contributed by atoms with Crippen LogP contribution in [0.4, 0.5) is 11.4 Å². The number of thiocarbonyl (C=S) groups is 1. The van der Waals surface area contributed by atoms with E-state index in [4.69, 9.17) is 12.2 Å². The first-order valence-corrected chi connectivity index (χ1v) is 12.3. The van der Waals surface area contributed by atoms with E-state index >= 15 is 0 Å². The molecule has 5 nitrogen and oxygen atoms in total. The summed E-state index contributed by atoms with van der Waals surface area (Å²) in [4.78, 5) is 29.8. The molecular formula is C26H28BrN3O2S. The van der Waals surface area contributed by atoms with Crippen LogP contribution in [0.25, 0.3) is 6.08 Å². The summed E-state index contributed by atoms with van der Waals surface area (Å²) in [5.41, 5.74) is 4.00. The fourth-order valence-electron chi connectivity index (χ4n) is 5.19. The summed E-state index contributed by atoms with van der Waals surface area (Å²) >= 11 is 8.70. The van der Waals surface area contributed by atoms with Crippen molar-refractivity contribution < 1.29 is 9.59 Å². The molecule has 1 fully saturated rings. The van der Waals surface area contributed by atoms with E-state index < -0.39 is 11.8 Å². The number of carbonyl (C=O) groups excluding carboxylic acids is 2. The van der Waals surface area contributed by atoms with Crippen LogP contribution in [0.3, 0.4) is 0 Å². The van der Waals surface area contributed by atoms with Gasteiger partial charge in [-0.1, -0.05) is 28.9 Å². The van der Waals surface area contributed by atoms with Crippen LogP contribution in [0.5, 0.6) is 0 Å². The highest BCUT2D eigenvalue weighted by molar-refractivity contribution is 9.10. The first kappa shape index (κ1) is 23.6. The summed E-state index contributed by atoms with van der Waals surface area (Å²) < 4.78 is 0.892. The van der Waals surface area contributed by atoms with Gasteiger partial charge in [0.1, 0.15) is 5.57 Å². The van der Waals surface area contributed by atoms with Crippen molar-refractivity contribution in [2.45, 2.75) is 58.5 Å². The Bertz CT molecular complexity index is 1170. The third-order valence-corrected chi connectivity index (χ3v) is 7.13. The molecule has 0 spiro atoms. The SMILES string of the molecule is CC(C)N1c2ccc(/C=C3\C(=O)NC(=S)N(c4ccc(Br)cc4)C3=O)cc2[C@@H](C)CC1(C)C. The molecule has 1 atom stereocenters. The molecule has 1 N–H and O–H groups in total. The summed E-state index contributed by atoms with van der Waals surface area (Å²) in [5.74, 6) is -0.540. The number of benzene rings is 2. The van der Waals surface area contributed by atoms with E-state index in [9.17, 15) is 9.59 Å². The van der Waals surface area contributed by atoms with Crippen LogP contribution in [-0.2, 0) is 9.59 Å². The molecule has 2 amide bonds. The van der Waals surface area contributed by atoms with Crippen LogP contribution in [0.15, 0.2) is 52.5 Å². The lowest BCUT2D eigenvalue weighted by Crippen LogP contribution is -2.54. The molecule has 172 valence electrons. The van der Waals surface area contributed by atoms with Crippen LogP contribution in [0.1, 0.15) is 58.1 Å². The van der Waals surface area contributed by atoms with Crippen LogP contribution in [0.2, 0.25) is 0 Å². The van der Waals surface area contributed by atoms with Gasteiger partial charge in [-0.05, 0) is 106 Å². The van der Waals surface area contributed by atoms with Crippen molar-refractivity contribution in [1.29, 1.82) is 0 Å². The predicted molar refractivity (Wildman–Crippen MR) is 142 cm³/mol. The number of rotatable bonds is 3. The van der Waals surface area contributed by atoms with Crippen LogP contribution in [0, 0.1) is 0 Å². The fourth-order valence-corrected chi connectivity index (χ4v) is 5.73. The number of nitrogens with one attached hydrogen (secondary N) is 1. The number of amides is 2. The van der Waals surface area contributed by atoms with Crippen molar-refractivity contribution in [3.8, 4) is 0 Å². The molecule has 0 unspecified atom stereocenters. The second-order valence-corrected chi connectivity index (χ2v) is 10.9. The third kappa shape index (κ3) is 4.36. The standard InChI is InChI=1S/C26H28BrN3O2S/c1-15(2)30-22-11-6-17(12-20(22)16(3)14-26(30,4)5)13-21-23(31)28-25(33)29(24(21)32)19-9-7-18(27)8-10-19/h6-13,15-16H,14H2,1-5H3,(H,28,31,33)/b21-13+/t16-/m0/s1. The van der Waals surface area contributed by atoms with Gasteiger partial charge in [-0.25, -0.2) is 0 Å². The second-order valence-electron chi connectivity index (χ2n) is 9.63. The van der Waals surface area contributed by atoms with E-state index in [1.807, 2.05) is 18.2 Å². The maximum Gasteiger partial charge on any atom is 0.270 e. The number of anilines is 2. The quantitative estimate of drug-likeness (QED) is 0.313. The van der Waals surface area contributed by atoms with E-state index in [0.717, 1.165) is 16.5 Å². The molecule has 2 heterocycles. The Morgan fingerprint density at radius 3 is 2.45 bits per heavy atom. The molecule has 2 aliphatic heterocycles. The van der Waals surface area contributed by atoms with Crippen LogP contribution < -0.4 is 15.1 Å². The van der Waals surface area contributed by atoms with Gasteiger partial charge in [0.05, 0.1) is 5.69 Å².